The Morgan fingerprint density at radius 3 is 1.08 bits per heavy atom. The van der Waals surface area contributed by atoms with Gasteiger partial charge in [0, 0.05) is 29.2 Å². The number of aliphatic carboxylic acids is 1. The Labute approximate surface area is 367 Å². The van der Waals surface area contributed by atoms with Gasteiger partial charge >= 0.3 is 11.9 Å². The van der Waals surface area contributed by atoms with Crippen molar-refractivity contribution < 1.29 is 58.2 Å². The molecule has 0 aliphatic heterocycles. The van der Waals surface area contributed by atoms with E-state index in [1.807, 2.05) is 48.5 Å². The van der Waals surface area contributed by atoms with Crippen molar-refractivity contribution in [3.8, 4) is 45.5 Å². The number of carbonyl (C=O) groups excluding carboxylic acids is 2. The Morgan fingerprint density at radius 2 is 0.734 bits per heavy atom. The van der Waals surface area contributed by atoms with E-state index in [2.05, 4.69) is 0 Å². The van der Waals surface area contributed by atoms with Gasteiger partial charge in [-0.25, -0.2) is 19.6 Å². The SMILES string of the molecule is CC(=O)O.COc1ccc(-c2nc3ccc(C(=O)O)cc3nc2-c2ccc(OC)cc2)cc1.COc1ccc(C(=O)C(=O)c2ccc(OC)cc2)cc1.Nc1ccc(C(=O)O)cc1N. The van der Waals surface area contributed by atoms with Crippen LogP contribution in [-0.4, -0.2) is 83.2 Å². The first-order chi connectivity index (χ1) is 30.6. The van der Waals surface area contributed by atoms with Gasteiger partial charge in [-0.15, -0.1) is 0 Å². The third-order valence-electron chi connectivity index (χ3n) is 8.88. The molecule has 7 aromatic rings. The molecule has 328 valence electrons. The summed E-state index contributed by atoms with van der Waals surface area (Å²) in [5, 5.41) is 25.2. The summed E-state index contributed by atoms with van der Waals surface area (Å²) in [5.41, 5.74) is 16.7. The fourth-order valence-electron chi connectivity index (χ4n) is 5.54. The molecule has 0 atom stereocenters. The molecule has 0 spiro atoms. The van der Waals surface area contributed by atoms with Crippen LogP contribution in [0.3, 0.4) is 0 Å². The van der Waals surface area contributed by atoms with Crippen LogP contribution in [0.4, 0.5) is 11.4 Å². The number of hydrogen-bond donors (Lipinski definition) is 5. The minimum absolute atomic E-state index is 0.150. The molecule has 6 aromatic carbocycles. The van der Waals surface area contributed by atoms with Gasteiger partial charge in [-0.3, -0.25) is 14.4 Å². The van der Waals surface area contributed by atoms with E-state index in [1.54, 1.807) is 83.0 Å². The molecule has 0 unspecified atom stereocenters. The number of carboxylic acid groups (broad SMARTS) is 3. The number of fused-ring (bicyclic) bond motifs is 1. The second kappa shape index (κ2) is 22.7. The normalized spacial score (nSPS) is 9.95. The second-order valence-corrected chi connectivity index (χ2v) is 13.2. The molecule has 0 fully saturated rings. The lowest BCUT2D eigenvalue weighted by molar-refractivity contribution is -0.134. The van der Waals surface area contributed by atoms with Crippen molar-refractivity contribution in [2.75, 3.05) is 39.9 Å². The zero-order valence-corrected chi connectivity index (χ0v) is 35.3. The van der Waals surface area contributed by atoms with Gasteiger partial charge < -0.3 is 45.7 Å². The molecule has 16 heteroatoms. The second-order valence-electron chi connectivity index (χ2n) is 13.2. The van der Waals surface area contributed by atoms with E-state index in [0.29, 0.717) is 56.4 Å². The minimum atomic E-state index is -1.00. The number of carbonyl (C=O) groups is 5. The third kappa shape index (κ3) is 13.1. The predicted octanol–water partition coefficient (Wildman–Crippen LogP) is 8.09. The van der Waals surface area contributed by atoms with Gasteiger partial charge in [0.05, 0.1) is 73.4 Å². The number of hydrogen-bond acceptors (Lipinski definition) is 13. The summed E-state index contributed by atoms with van der Waals surface area (Å²) in [6, 6.07) is 36.9. The largest absolute Gasteiger partial charge is 0.497 e. The molecule has 0 saturated carbocycles. The molecule has 7 rings (SSSR count). The summed E-state index contributed by atoms with van der Waals surface area (Å²) in [6.45, 7) is 1.08. The summed E-state index contributed by atoms with van der Waals surface area (Å²) in [6.07, 6.45) is 0. The first-order valence-electron chi connectivity index (χ1n) is 18.9. The zero-order chi connectivity index (χ0) is 46.9. The quantitative estimate of drug-likeness (QED) is 0.0467. The number of nitrogens with zero attached hydrogens (tertiary/aromatic N) is 2. The number of benzene rings is 6. The van der Waals surface area contributed by atoms with Crippen LogP contribution < -0.4 is 30.4 Å². The fourth-order valence-corrected chi connectivity index (χ4v) is 5.54. The van der Waals surface area contributed by atoms with E-state index in [-0.39, 0.29) is 11.1 Å². The molecule has 0 amide bonds. The van der Waals surface area contributed by atoms with Gasteiger partial charge in [-0.05, 0) is 133 Å². The standard InChI is InChI=1S/C23H18N2O4.C16H14O4.C7H8N2O2.C2H4O2/c1-28-17-8-3-14(4-9-17)21-22(15-5-10-18(29-2)11-6-15)25-20-13-16(23(26)27)7-12-19(20)24-21;1-19-13-7-3-11(4-8-13)15(17)16(18)12-5-9-14(20-2)10-6-12;8-5-2-1-4(7(10)11)3-6(5)9;1-2(3)4/h3-13H,1-2H3,(H,26,27);3-10H,1-2H3;1-3H,8-9H2,(H,10,11);1H3,(H,3,4). The van der Waals surface area contributed by atoms with E-state index in [0.717, 1.165) is 29.5 Å². The van der Waals surface area contributed by atoms with Crippen LogP contribution in [0, 0.1) is 0 Å². The zero-order valence-electron chi connectivity index (χ0n) is 35.3. The summed E-state index contributed by atoms with van der Waals surface area (Å²) in [7, 11) is 6.31. The molecule has 0 aliphatic rings. The summed E-state index contributed by atoms with van der Waals surface area (Å²) in [4.78, 5) is 64.4. The molecule has 16 nitrogen and oxygen atoms in total. The topological polar surface area (TPSA) is 261 Å². The molecule has 0 saturated heterocycles. The van der Waals surface area contributed by atoms with Crippen LogP contribution in [0.1, 0.15) is 48.4 Å². The van der Waals surface area contributed by atoms with Crippen LogP contribution in [0.2, 0.25) is 0 Å². The number of Topliss-reactive ketones (excluding diaryl/α,β-unsaturated/α-hetero) is 2. The van der Waals surface area contributed by atoms with E-state index in [4.69, 9.17) is 55.4 Å². The Kier molecular flexibility index (Phi) is 17.0. The number of nitrogen functional groups attached to an aromatic ring is 2. The number of ketones is 2. The van der Waals surface area contributed by atoms with Gasteiger partial charge in [-0.1, -0.05) is 0 Å². The highest BCUT2D eigenvalue weighted by molar-refractivity contribution is 6.49. The molecule has 0 radical (unpaired) electrons. The fraction of sp³-hybridized carbons (Fsp3) is 0.104. The first-order valence-corrected chi connectivity index (χ1v) is 18.9. The molecule has 0 aliphatic carbocycles. The van der Waals surface area contributed by atoms with E-state index < -0.39 is 29.5 Å². The van der Waals surface area contributed by atoms with Crippen molar-refractivity contribution >= 4 is 51.9 Å². The molecule has 7 N–H and O–H groups in total. The van der Waals surface area contributed by atoms with Crippen LogP contribution in [0.5, 0.6) is 23.0 Å². The van der Waals surface area contributed by atoms with E-state index in [9.17, 15) is 24.3 Å². The minimum Gasteiger partial charge on any atom is -0.497 e. The summed E-state index contributed by atoms with van der Waals surface area (Å²) >= 11 is 0. The van der Waals surface area contributed by atoms with Crippen LogP contribution in [0.25, 0.3) is 33.5 Å². The highest BCUT2D eigenvalue weighted by Crippen LogP contribution is 2.33. The number of rotatable bonds is 11. The number of nitrogens with two attached hydrogens (primary N) is 2. The molecule has 0 bridgehead atoms. The van der Waals surface area contributed by atoms with Crippen LogP contribution in [0.15, 0.2) is 133 Å². The Balaban J connectivity index is 0.000000221. The maximum atomic E-state index is 12.1. The Bertz CT molecular complexity index is 2680. The molecule has 64 heavy (non-hydrogen) atoms. The number of aromatic nitrogens is 2. The van der Waals surface area contributed by atoms with Gasteiger partial charge in [0.25, 0.3) is 5.97 Å². The molecular formula is C48H44N4O12. The number of anilines is 2. The van der Waals surface area contributed by atoms with Crippen LogP contribution in [-0.2, 0) is 4.79 Å². The number of methoxy groups -OCH3 is 4. The average molecular weight is 869 g/mol. The maximum Gasteiger partial charge on any atom is 0.335 e. The first kappa shape index (κ1) is 47.9. The lowest BCUT2D eigenvalue weighted by atomic mass is 10.0. The van der Waals surface area contributed by atoms with Gasteiger partial charge in [0.2, 0.25) is 11.6 Å². The van der Waals surface area contributed by atoms with Crippen molar-refractivity contribution in [1.29, 1.82) is 0 Å². The highest BCUT2D eigenvalue weighted by atomic mass is 16.5. The number of carboxylic acids is 3. The predicted molar refractivity (Wildman–Crippen MR) is 241 cm³/mol. The number of aromatic carboxylic acids is 2. The van der Waals surface area contributed by atoms with Gasteiger partial charge in [0.1, 0.15) is 23.0 Å². The summed E-state index contributed by atoms with van der Waals surface area (Å²) in [5.74, 6) is -1.16. The maximum absolute atomic E-state index is 12.1. The molecule has 1 heterocycles. The van der Waals surface area contributed by atoms with E-state index >= 15 is 0 Å². The van der Waals surface area contributed by atoms with Crippen molar-refractivity contribution in [2.45, 2.75) is 6.92 Å². The highest BCUT2D eigenvalue weighted by Gasteiger charge is 2.19. The van der Waals surface area contributed by atoms with Gasteiger partial charge in [0.15, 0.2) is 0 Å². The van der Waals surface area contributed by atoms with Crippen molar-refractivity contribution in [3.63, 3.8) is 0 Å². The lowest BCUT2D eigenvalue weighted by Crippen LogP contribution is -2.14. The third-order valence-corrected chi connectivity index (χ3v) is 8.88. The smallest absolute Gasteiger partial charge is 0.335 e. The van der Waals surface area contributed by atoms with Crippen LogP contribution >= 0.6 is 0 Å². The van der Waals surface area contributed by atoms with E-state index in [1.165, 1.54) is 30.3 Å². The molecule has 1 aromatic heterocycles. The van der Waals surface area contributed by atoms with Crippen molar-refractivity contribution in [2.24, 2.45) is 0 Å². The molecular weight excluding hydrogens is 825 g/mol. The van der Waals surface area contributed by atoms with Crippen molar-refractivity contribution in [3.05, 3.63) is 156 Å². The average Bonchev–Trinajstić information content (AvgIpc) is 3.31. The monoisotopic (exact) mass is 868 g/mol. The Morgan fingerprint density at radius 1 is 0.422 bits per heavy atom. The summed E-state index contributed by atoms with van der Waals surface area (Å²) < 4.78 is 20.5. The van der Waals surface area contributed by atoms with Gasteiger partial charge in [-0.2, -0.15) is 0 Å². The Hall–Kier alpha value is -8.79. The lowest BCUT2D eigenvalue weighted by Gasteiger charge is -2.12. The van der Waals surface area contributed by atoms with Crippen molar-refractivity contribution in [1.82, 2.24) is 9.97 Å². The number of ether oxygens (including phenoxy) is 4.